The number of allylic oxidation sites excluding steroid dienone is 1. The molecule has 0 heterocycles. The van der Waals surface area contributed by atoms with E-state index in [1.54, 1.807) is 0 Å². The van der Waals surface area contributed by atoms with Crippen molar-refractivity contribution in [2.45, 2.75) is 71.8 Å². The van der Waals surface area contributed by atoms with E-state index in [0.29, 0.717) is 25.0 Å². The molecule has 3 nitrogen and oxygen atoms in total. The van der Waals surface area contributed by atoms with Crippen LogP contribution in [0.3, 0.4) is 0 Å². The molecule has 0 aromatic heterocycles. The molecular weight excluding hydrogens is 264 g/mol. The molecule has 0 amide bonds. The van der Waals surface area contributed by atoms with Crippen LogP contribution in [-0.2, 0) is 4.79 Å². The molecule has 0 saturated heterocycles. The van der Waals surface area contributed by atoms with E-state index in [1.807, 2.05) is 6.08 Å². The lowest BCUT2D eigenvalue weighted by atomic mass is 9.82. The van der Waals surface area contributed by atoms with Crippen molar-refractivity contribution in [1.82, 2.24) is 0 Å². The number of ketones is 1. The third-order valence-corrected chi connectivity index (χ3v) is 5.39. The molecule has 2 saturated carbocycles. The number of aliphatic hydroxyl groups is 2. The zero-order chi connectivity index (χ0) is 15.6. The van der Waals surface area contributed by atoms with Crippen molar-refractivity contribution in [3.63, 3.8) is 0 Å². The summed E-state index contributed by atoms with van der Waals surface area (Å²) in [5.74, 6) is 0.819. The Bertz CT molecular complexity index is 411. The first-order valence-corrected chi connectivity index (χ1v) is 8.43. The van der Waals surface area contributed by atoms with Gasteiger partial charge in [0.2, 0.25) is 0 Å². The van der Waals surface area contributed by atoms with Gasteiger partial charge in [-0.3, -0.25) is 4.79 Å². The minimum Gasteiger partial charge on any atom is -0.512 e. The van der Waals surface area contributed by atoms with Crippen molar-refractivity contribution < 1.29 is 15.0 Å². The number of hydrogen-bond donors (Lipinski definition) is 2. The highest BCUT2D eigenvalue weighted by Gasteiger charge is 2.49. The molecule has 0 aliphatic heterocycles. The van der Waals surface area contributed by atoms with Gasteiger partial charge in [-0.25, -0.2) is 0 Å². The van der Waals surface area contributed by atoms with Crippen LogP contribution in [-0.4, -0.2) is 22.1 Å². The minimum atomic E-state index is -0.483. The molecule has 2 rings (SSSR count). The second-order valence-electron chi connectivity index (χ2n) is 7.80. The highest BCUT2D eigenvalue weighted by atomic mass is 16.3. The normalized spacial score (nSPS) is 33.5. The van der Waals surface area contributed by atoms with Gasteiger partial charge in [-0.1, -0.05) is 33.6 Å². The fourth-order valence-electron chi connectivity index (χ4n) is 4.07. The smallest absolute Gasteiger partial charge is 0.133 e. The maximum atomic E-state index is 11.6. The van der Waals surface area contributed by atoms with Gasteiger partial charge in [0.05, 0.1) is 11.9 Å². The first kappa shape index (κ1) is 16.5. The molecule has 2 aliphatic rings. The highest BCUT2D eigenvalue weighted by molar-refractivity contribution is 5.81. The number of carbonyl (C=O) groups is 1. The summed E-state index contributed by atoms with van der Waals surface area (Å²) >= 11 is 0. The number of carbonyl (C=O) groups excluding carboxylic acids is 1. The molecule has 0 bridgehead atoms. The lowest BCUT2D eigenvalue weighted by molar-refractivity contribution is -0.118. The van der Waals surface area contributed by atoms with E-state index in [2.05, 4.69) is 20.8 Å². The SMILES string of the molecule is CCCCC(C)(C)C/C=C(/O)[C@@H]1[C@H]2CC(=O)C[C@H]2C[C@H]1O. The monoisotopic (exact) mass is 294 g/mol. The van der Waals surface area contributed by atoms with Crippen LogP contribution in [0.2, 0.25) is 0 Å². The summed E-state index contributed by atoms with van der Waals surface area (Å²) in [7, 11) is 0. The zero-order valence-corrected chi connectivity index (χ0v) is 13.6. The second kappa shape index (κ2) is 6.51. The number of hydrogen-bond acceptors (Lipinski definition) is 3. The van der Waals surface area contributed by atoms with Crippen LogP contribution in [0.25, 0.3) is 0 Å². The lowest BCUT2D eigenvalue weighted by Crippen LogP contribution is -2.22. The predicted octanol–water partition coefficient (Wildman–Crippen LogP) is 4.01. The van der Waals surface area contributed by atoms with Gasteiger partial charge in [-0.05, 0) is 42.6 Å². The zero-order valence-electron chi connectivity index (χ0n) is 13.6. The Labute approximate surface area is 128 Å². The van der Waals surface area contributed by atoms with Gasteiger partial charge in [0.25, 0.3) is 0 Å². The quantitative estimate of drug-likeness (QED) is 0.728. The maximum Gasteiger partial charge on any atom is 0.133 e. The number of aliphatic hydroxyl groups excluding tert-OH is 2. The van der Waals surface area contributed by atoms with Crippen molar-refractivity contribution in [2.24, 2.45) is 23.2 Å². The van der Waals surface area contributed by atoms with E-state index in [0.717, 1.165) is 12.8 Å². The summed E-state index contributed by atoms with van der Waals surface area (Å²) in [5, 5.41) is 20.6. The van der Waals surface area contributed by atoms with Crippen molar-refractivity contribution in [3.8, 4) is 0 Å². The van der Waals surface area contributed by atoms with Crippen LogP contribution in [0.4, 0.5) is 0 Å². The summed E-state index contributed by atoms with van der Waals surface area (Å²) in [6.07, 6.45) is 7.56. The van der Waals surface area contributed by atoms with Gasteiger partial charge in [0.15, 0.2) is 0 Å². The average molecular weight is 294 g/mol. The Morgan fingerprint density at radius 2 is 2.10 bits per heavy atom. The first-order chi connectivity index (χ1) is 9.84. The van der Waals surface area contributed by atoms with Crippen molar-refractivity contribution >= 4 is 5.78 Å². The summed E-state index contributed by atoms with van der Waals surface area (Å²) in [6, 6.07) is 0. The third-order valence-electron chi connectivity index (χ3n) is 5.39. The van der Waals surface area contributed by atoms with Gasteiger partial charge in [0, 0.05) is 18.8 Å². The molecule has 2 aliphatic carbocycles. The fraction of sp³-hybridized carbons (Fsp3) is 0.833. The Kier molecular flexibility index (Phi) is 5.13. The van der Waals surface area contributed by atoms with Crippen molar-refractivity contribution in [3.05, 3.63) is 11.8 Å². The van der Waals surface area contributed by atoms with Gasteiger partial charge in [0.1, 0.15) is 5.78 Å². The summed E-state index contributed by atoms with van der Waals surface area (Å²) in [6.45, 7) is 6.63. The lowest BCUT2D eigenvalue weighted by Gasteiger charge is -2.25. The Balaban J connectivity index is 1.99. The first-order valence-electron chi connectivity index (χ1n) is 8.43. The number of rotatable bonds is 6. The van der Waals surface area contributed by atoms with Crippen LogP contribution >= 0.6 is 0 Å². The fourth-order valence-corrected chi connectivity index (χ4v) is 4.07. The Morgan fingerprint density at radius 3 is 2.76 bits per heavy atom. The second-order valence-corrected chi connectivity index (χ2v) is 7.80. The third kappa shape index (κ3) is 3.88. The van der Waals surface area contributed by atoms with Crippen LogP contribution in [0.15, 0.2) is 11.8 Å². The Morgan fingerprint density at radius 1 is 1.38 bits per heavy atom. The molecule has 120 valence electrons. The summed E-state index contributed by atoms with van der Waals surface area (Å²) in [4.78, 5) is 11.6. The van der Waals surface area contributed by atoms with Crippen LogP contribution in [0.5, 0.6) is 0 Å². The summed E-state index contributed by atoms with van der Waals surface area (Å²) in [5.41, 5.74) is 0.179. The van der Waals surface area contributed by atoms with Crippen molar-refractivity contribution in [1.29, 1.82) is 0 Å². The van der Waals surface area contributed by atoms with E-state index in [4.69, 9.17) is 0 Å². The molecule has 2 fully saturated rings. The van der Waals surface area contributed by atoms with E-state index < -0.39 is 6.10 Å². The Hall–Kier alpha value is -0.830. The van der Waals surface area contributed by atoms with E-state index in [1.165, 1.54) is 12.8 Å². The molecule has 21 heavy (non-hydrogen) atoms. The van der Waals surface area contributed by atoms with Gasteiger partial charge in [-0.2, -0.15) is 0 Å². The van der Waals surface area contributed by atoms with Crippen LogP contribution in [0.1, 0.15) is 65.7 Å². The van der Waals surface area contributed by atoms with Gasteiger partial charge in [-0.15, -0.1) is 0 Å². The van der Waals surface area contributed by atoms with Crippen molar-refractivity contribution in [2.75, 3.05) is 0 Å². The molecule has 0 unspecified atom stereocenters. The van der Waals surface area contributed by atoms with E-state index in [-0.39, 0.29) is 29.0 Å². The average Bonchev–Trinajstić information content (AvgIpc) is 2.88. The van der Waals surface area contributed by atoms with E-state index in [9.17, 15) is 15.0 Å². The molecule has 3 heteroatoms. The van der Waals surface area contributed by atoms with E-state index >= 15 is 0 Å². The largest absolute Gasteiger partial charge is 0.512 e. The topological polar surface area (TPSA) is 57.5 Å². The molecule has 2 N–H and O–H groups in total. The number of fused-ring (bicyclic) bond motifs is 1. The predicted molar refractivity (Wildman–Crippen MR) is 84.0 cm³/mol. The molecule has 4 atom stereocenters. The minimum absolute atomic E-state index is 0.155. The summed E-state index contributed by atoms with van der Waals surface area (Å²) < 4.78 is 0. The van der Waals surface area contributed by atoms with Crippen LogP contribution < -0.4 is 0 Å². The maximum absolute atomic E-state index is 11.6. The number of unbranched alkanes of at least 4 members (excludes halogenated alkanes) is 1. The standard InChI is InChI=1S/C18H30O3/c1-4-5-7-18(2,3)8-6-15(20)17-14-11-13(19)9-12(14)10-16(17)21/h6,12,14,16-17,20-21H,4-5,7-11H2,1-3H3/b15-6+/t12-,14-,16+,17-/m0/s1. The molecule has 0 spiro atoms. The number of Topliss-reactive ketones (excluding diaryl/α,β-unsaturated/α-hetero) is 1. The van der Waals surface area contributed by atoms with Gasteiger partial charge < -0.3 is 10.2 Å². The molecule has 0 aromatic carbocycles. The highest BCUT2D eigenvalue weighted by Crippen LogP contribution is 2.48. The molecule has 0 radical (unpaired) electrons. The van der Waals surface area contributed by atoms with Gasteiger partial charge >= 0.3 is 0 Å². The molecule has 0 aromatic rings. The molecular formula is C18H30O3. The van der Waals surface area contributed by atoms with Crippen LogP contribution in [0, 0.1) is 23.2 Å².